The SMILES string of the molecule is CC(C)(N)C(C(=O)O)C(C(=O)O)C(C)(C)C(C)(c1ccc(S(=O)(=O)O)cc1)C(C)(C)C. The first-order chi connectivity index (χ1) is 13.6. The normalized spacial score (nSPS) is 17.5. The van der Waals surface area contributed by atoms with E-state index < -0.39 is 55.7 Å². The highest BCUT2D eigenvalue weighted by Gasteiger charge is 2.60. The molecular weight excluding hydrogens is 422 g/mol. The molecule has 0 saturated carbocycles. The highest BCUT2D eigenvalue weighted by molar-refractivity contribution is 7.85. The summed E-state index contributed by atoms with van der Waals surface area (Å²) in [5.41, 5.74) is 2.75. The summed E-state index contributed by atoms with van der Waals surface area (Å²) in [6, 6.07) is 5.56. The van der Waals surface area contributed by atoms with E-state index in [0.29, 0.717) is 5.56 Å². The van der Waals surface area contributed by atoms with Gasteiger partial charge in [0.1, 0.15) is 0 Å². The molecule has 0 radical (unpaired) electrons. The van der Waals surface area contributed by atoms with E-state index in [4.69, 9.17) is 5.73 Å². The van der Waals surface area contributed by atoms with E-state index in [-0.39, 0.29) is 4.90 Å². The van der Waals surface area contributed by atoms with Crippen molar-refractivity contribution in [2.24, 2.45) is 28.4 Å². The molecule has 0 fully saturated rings. The first kappa shape index (κ1) is 27.1. The lowest BCUT2D eigenvalue weighted by molar-refractivity contribution is -0.167. The molecule has 0 aliphatic carbocycles. The second-order valence-corrected chi connectivity index (χ2v) is 12.0. The Bertz CT molecular complexity index is 938. The maximum Gasteiger partial charge on any atom is 0.309 e. The van der Waals surface area contributed by atoms with Gasteiger partial charge in [0.15, 0.2) is 0 Å². The van der Waals surface area contributed by atoms with E-state index in [1.807, 2.05) is 27.7 Å². The summed E-state index contributed by atoms with van der Waals surface area (Å²) in [6.45, 7) is 14.0. The molecule has 1 aromatic carbocycles. The third-order valence-corrected chi connectivity index (χ3v) is 7.83. The summed E-state index contributed by atoms with van der Waals surface area (Å²) in [7, 11) is -4.40. The van der Waals surface area contributed by atoms with Gasteiger partial charge in [-0.1, -0.05) is 53.7 Å². The summed E-state index contributed by atoms with van der Waals surface area (Å²) in [4.78, 5) is 24.4. The number of hydrogen-bond donors (Lipinski definition) is 4. The van der Waals surface area contributed by atoms with Crippen LogP contribution in [0.25, 0.3) is 0 Å². The Labute approximate surface area is 184 Å². The average Bonchev–Trinajstić information content (AvgIpc) is 2.54. The molecular formula is C22H35NO7S. The van der Waals surface area contributed by atoms with Gasteiger partial charge in [0.05, 0.1) is 16.7 Å². The van der Waals surface area contributed by atoms with Crippen LogP contribution >= 0.6 is 0 Å². The average molecular weight is 458 g/mol. The van der Waals surface area contributed by atoms with Crippen LogP contribution in [-0.2, 0) is 25.1 Å². The molecule has 9 heteroatoms. The van der Waals surface area contributed by atoms with Gasteiger partial charge in [0.2, 0.25) is 0 Å². The Kier molecular flexibility index (Phi) is 7.14. The van der Waals surface area contributed by atoms with Gasteiger partial charge in [0.25, 0.3) is 10.1 Å². The lowest BCUT2D eigenvalue weighted by Crippen LogP contribution is -2.61. The number of carboxylic acids is 2. The fourth-order valence-electron chi connectivity index (χ4n) is 4.80. The molecule has 0 aliphatic rings. The fourth-order valence-corrected chi connectivity index (χ4v) is 5.28. The number of carbonyl (C=O) groups is 2. The van der Waals surface area contributed by atoms with Crippen LogP contribution in [0.1, 0.15) is 61.0 Å². The van der Waals surface area contributed by atoms with Gasteiger partial charge in [-0.05, 0) is 42.4 Å². The number of hydrogen-bond acceptors (Lipinski definition) is 5. The number of carboxylic acid groups (broad SMARTS) is 2. The van der Waals surface area contributed by atoms with E-state index in [1.54, 1.807) is 13.8 Å². The van der Waals surface area contributed by atoms with Crippen LogP contribution in [0.5, 0.6) is 0 Å². The van der Waals surface area contributed by atoms with Crippen LogP contribution in [-0.4, -0.2) is 40.7 Å². The molecule has 31 heavy (non-hydrogen) atoms. The molecule has 0 heterocycles. The Morgan fingerprint density at radius 3 is 1.48 bits per heavy atom. The summed E-state index contributed by atoms with van der Waals surface area (Å²) in [5, 5.41) is 20.1. The number of benzene rings is 1. The van der Waals surface area contributed by atoms with Crippen LogP contribution in [0.4, 0.5) is 0 Å². The lowest BCUT2D eigenvalue weighted by atomic mass is 9.46. The molecule has 8 nitrogen and oxygen atoms in total. The van der Waals surface area contributed by atoms with Crippen LogP contribution in [0.3, 0.4) is 0 Å². The summed E-state index contributed by atoms with van der Waals surface area (Å²) >= 11 is 0. The molecule has 5 N–H and O–H groups in total. The van der Waals surface area contributed by atoms with Crippen LogP contribution in [0.2, 0.25) is 0 Å². The molecule has 0 amide bonds. The van der Waals surface area contributed by atoms with E-state index in [0.717, 1.165) is 0 Å². The summed E-state index contributed by atoms with van der Waals surface area (Å²) in [6.07, 6.45) is 0. The molecule has 1 rings (SSSR count). The molecule has 0 spiro atoms. The Balaban J connectivity index is 3.90. The maximum absolute atomic E-state index is 12.5. The predicted octanol–water partition coefficient (Wildman–Crippen LogP) is 3.40. The quantitative estimate of drug-likeness (QED) is 0.433. The zero-order valence-corrected chi connectivity index (χ0v) is 20.2. The van der Waals surface area contributed by atoms with Crippen molar-refractivity contribution in [2.75, 3.05) is 0 Å². The summed E-state index contributed by atoms with van der Waals surface area (Å²) in [5.74, 6) is -5.33. The van der Waals surface area contributed by atoms with Gasteiger partial charge in [-0.25, -0.2) is 0 Å². The second-order valence-electron chi connectivity index (χ2n) is 10.5. The largest absolute Gasteiger partial charge is 0.481 e. The Morgan fingerprint density at radius 2 is 1.23 bits per heavy atom. The zero-order valence-electron chi connectivity index (χ0n) is 19.4. The number of aliphatic carboxylic acids is 2. The molecule has 0 aromatic heterocycles. The van der Waals surface area contributed by atoms with Crippen LogP contribution < -0.4 is 5.73 Å². The van der Waals surface area contributed by atoms with E-state index in [2.05, 4.69) is 0 Å². The molecule has 0 bridgehead atoms. The number of nitrogens with two attached hydrogens (primary N) is 1. The van der Waals surface area contributed by atoms with Gasteiger partial charge in [0, 0.05) is 11.0 Å². The maximum atomic E-state index is 12.5. The van der Waals surface area contributed by atoms with Gasteiger partial charge in [-0.2, -0.15) is 8.42 Å². The third kappa shape index (κ3) is 4.94. The topological polar surface area (TPSA) is 155 Å². The van der Waals surface area contributed by atoms with Gasteiger partial charge < -0.3 is 15.9 Å². The number of rotatable bonds is 8. The Morgan fingerprint density at radius 1 is 0.839 bits per heavy atom. The molecule has 1 aromatic rings. The highest BCUT2D eigenvalue weighted by Crippen LogP contribution is 2.58. The molecule has 176 valence electrons. The van der Waals surface area contributed by atoms with E-state index in [9.17, 15) is 32.8 Å². The predicted molar refractivity (Wildman–Crippen MR) is 117 cm³/mol. The van der Waals surface area contributed by atoms with Gasteiger partial charge in [-0.15, -0.1) is 0 Å². The third-order valence-electron chi connectivity index (χ3n) is 6.96. The van der Waals surface area contributed by atoms with Crippen molar-refractivity contribution in [1.29, 1.82) is 0 Å². The fraction of sp³-hybridized carbons (Fsp3) is 0.636. The van der Waals surface area contributed by atoms with E-state index in [1.165, 1.54) is 38.1 Å². The zero-order chi connectivity index (χ0) is 24.8. The minimum Gasteiger partial charge on any atom is -0.481 e. The van der Waals surface area contributed by atoms with Gasteiger partial charge in [-0.3, -0.25) is 14.1 Å². The molecule has 3 atom stereocenters. The summed E-state index contributed by atoms with van der Waals surface area (Å²) < 4.78 is 32.2. The van der Waals surface area contributed by atoms with Crippen molar-refractivity contribution in [1.82, 2.24) is 0 Å². The minimum atomic E-state index is -4.40. The molecule has 3 unspecified atom stereocenters. The van der Waals surface area contributed by atoms with Gasteiger partial charge >= 0.3 is 11.9 Å². The van der Waals surface area contributed by atoms with Crippen molar-refractivity contribution in [3.8, 4) is 0 Å². The van der Waals surface area contributed by atoms with Crippen molar-refractivity contribution >= 4 is 22.1 Å². The molecule has 0 aliphatic heterocycles. The standard InChI is InChI=1S/C22H35NO7S/c1-19(2,3)22(8,13-9-11-14(12-10-13)31(28,29)30)20(4,5)15(17(24)25)16(18(26)27)21(6,7)23/h9-12,15-16H,23H2,1-8H3,(H,24,25)(H,26,27)(H,28,29,30). The smallest absolute Gasteiger partial charge is 0.309 e. The minimum absolute atomic E-state index is 0.286. The first-order valence-electron chi connectivity index (χ1n) is 9.92. The van der Waals surface area contributed by atoms with Crippen molar-refractivity contribution < 1.29 is 32.8 Å². The van der Waals surface area contributed by atoms with Crippen molar-refractivity contribution in [3.63, 3.8) is 0 Å². The Hall–Kier alpha value is -1.97. The van der Waals surface area contributed by atoms with Crippen molar-refractivity contribution in [2.45, 2.75) is 71.2 Å². The van der Waals surface area contributed by atoms with E-state index >= 15 is 0 Å². The molecule has 0 saturated heterocycles. The van der Waals surface area contributed by atoms with Crippen LogP contribution in [0, 0.1) is 22.7 Å². The monoisotopic (exact) mass is 457 g/mol. The lowest BCUT2D eigenvalue weighted by Gasteiger charge is -2.57. The second kappa shape index (κ2) is 8.18. The van der Waals surface area contributed by atoms with Crippen LogP contribution in [0.15, 0.2) is 29.2 Å². The van der Waals surface area contributed by atoms with Crippen molar-refractivity contribution in [3.05, 3.63) is 29.8 Å². The first-order valence-corrected chi connectivity index (χ1v) is 11.4. The highest BCUT2D eigenvalue weighted by atomic mass is 32.2.